The number of hydrogen-bond donors (Lipinski definition) is 1. The smallest absolute Gasteiger partial charge is 0.309 e. The monoisotopic (exact) mass is 210 g/mol. The van der Waals surface area contributed by atoms with Crippen molar-refractivity contribution in [1.82, 2.24) is 0 Å². The van der Waals surface area contributed by atoms with Crippen molar-refractivity contribution >= 4 is 5.97 Å². The first-order valence-electron chi connectivity index (χ1n) is 5.91. The summed E-state index contributed by atoms with van der Waals surface area (Å²) in [6, 6.07) is 0. The van der Waals surface area contributed by atoms with E-state index in [4.69, 9.17) is 4.74 Å². The van der Waals surface area contributed by atoms with E-state index in [0.29, 0.717) is 23.9 Å². The number of aliphatic carboxylic acids is 1. The van der Waals surface area contributed by atoms with Gasteiger partial charge in [0.2, 0.25) is 0 Å². The van der Waals surface area contributed by atoms with Crippen LogP contribution >= 0.6 is 0 Å². The average Bonchev–Trinajstić information content (AvgIpc) is 2.16. The third-order valence-corrected chi connectivity index (χ3v) is 4.91. The molecule has 3 nitrogen and oxygen atoms in total. The molecule has 2 atom stereocenters. The first-order valence-corrected chi connectivity index (χ1v) is 5.91. The molecule has 1 N–H and O–H groups in total. The minimum atomic E-state index is -0.559. The van der Waals surface area contributed by atoms with E-state index in [-0.39, 0.29) is 5.41 Å². The normalized spacial score (nSPS) is 52.1. The van der Waals surface area contributed by atoms with Crippen LogP contribution in [0.15, 0.2) is 0 Å². The SMILES string of the molecule is COC1C2CC3CC1CC(C(=O)O)(C3)C2. The van der Waals surface area contributed by atoms with Gasteiger partial charge in [-0.1, -0.05) is 0 Å². The van der Waals surface area contributed by atoms with E-state index < -0.39 is 5.97 Å². The molecule has 0 aromatic carbocycles. The molecule has 4 saturated carbocycles. The Bertz CT molecular complexity index is 283. The van der Waals surface area contributed by atoms with Crippen molar-refractivity contribution in [3.8, 4) is 0 Å². The summed E-state index contributed by atoms with van der Waals surface area (Å²) in [7, 11) is 1.78. The van der Waals surface area contributed by atoms with Gasteiger partial charge in [-0.3, -0.25) is 4.79 Å². The third-order valence-electron chi connectivity index (χ3n) is 4.91. The molecule has 3 heteroatoms. The second-order valence-electron chi connectivity index (χ2n) is 5.76. The topological polar surface area (TPSA) is 46.5 Å². The van der Waals surface area contributed by atoms with E-state index in [0.717, 1.165) is 19.3 Å². The Morgan fingerprint density at radius 2 is 1.87 bits per heavy atom. The van der Waals surface area contributed by atoms with Gasteiger partial charge in [-0.2, -0.15) is 0 Å². The van der Waals surface area contributed by atoms with Crippen LogP contribution in [0.5, 0.6) is 0 Å². The Morgan fingerprint density at radius 1 is 1.27 bits per heavy atom. The number of hydrogen-bond acceptors (Lipinski definition) is 2. The van der Waals surface area contributed by atoms with Gasteiger partial charge in [-0.05, 0) is 49.9 Å². The van der Waals surface area contributed by atoms with Crippen molar-refractivity contribution in [2.24, 2.45) is 23.2 Å². The summed E-state index contributed by atoms with van der Waals surface area (Å²) < 4.78 is 5.56. The fourth-order valence-corrected chi connectivity index (χ4v) is 4.62. The zero-order valence-corrected chi connectivity index (χ0v) is 9.11. The quantitative estimate of drug-likeness (QED) is 0.757. The molecule has 2 unspecified atom stereocenters. The predicted molar refractivity (Wildman–Crippen MR) is 54.4 cm³/mol. The Hall–Kier alpha value is -0.570. The second-order valence-corrected chi connectivity index (χ2v) is 5.76. The van der Waals surface area contributed by atoms with Crippen LogP contribution in [0.4, 0.5) is 0 Å². The van der Waals surface area contributed by atoms with Gasteiger partial charge in [0.1, 0.15) is 0 Å². The van der Waals surface area contributed by atoms with E-state index >= 15 is 0 Å². The number of carbonyl (C=O) groups is 1. The summed E-state index contributed by atoms with van der Waals surface area (Å²) in [4.78, 5) is 11.4. The minimum absolute atomic E-state index is 0.342. The molecule has 84 valence electrons. The van der Waals surface area contributed by atoms with E-state index in [1.54, 1.807) is 7.11 Å². The molecule has 0 aromatic heterocycles. The maximum Gasteiger partial charge on any atom is 0.309 e. The van der Waals surface area contributed by atoms with Crippen molar-refractivity contribution in [2.75, 3.05) is 7.11 Å². The van der Waals surface area contributed by atoms with Crippen LogP contribution in [-0.2, 0) is 9.53 Å². The van der Waals surface area contributed by atoms with Crippen LogP contribution in [0.2, 0.25) is 0 Å². The number of carboxylic acids is 1. The molecule has 4 fully saturated rings. The maximum absolute atomic E-state index is 11.4. The highest BCUT2D eigenvalue weighted by Crippen LogP contribution is 2.60. The molecule has 0 radical (unpaired) electrons. The Balaban J connectivity index is 1.92. The van der Waals surface area contributed by atoms with Gasteiger partial charge in [0.15, 0.2) is 0 Å². The van der Waals surface area contributed by atoms with Gasteiger partial charge >= 0.3 is 5.97 Å². The number of rotatable bonds is 2. The minimum Gasteiger partial charge on any atom is -0.481 e. The zero-order chi connectivity index (χ0) is 10.6. The fourth-order valence-electron chi connectivity index (χ4n) is 4.62. The van der Waals surface area contributed by atoms with Gasteiger partial charge in [-0.25, -0.2) is 0 Å². The number of methoxy groups -OCH3 is 1. The van der Waals surface area contributed by atoms with E-state index in [2.05, 4.69) is 0 Å². The highest BCUT2D eigenvalue weighted by atomic mass is 16.5. The standard InChI is InChI=1S/C12H18O3/c1-15-10-8-2-7-3-9(10)6-12(4-7,5-8)11(13)14/h7-10H,2-6H2,1H3,(H,13,14). The lowest BCUT2D eigenvalue weighted by Gasteiger charge is -2.57. The first-order chi connectivity index (χ1) is 7.14. The molecule has 4 aliphatic carbocycles. The van der Waals surface area contributed by atoms with Crippen molar-refractivity contribution < 1.29 is 14.6 Å². The van der Waals surface area contributed by atoms with Gasteiger partial charge in [-0.15, -0.1) is 0 Å². The fraction of sp³-hybridized carbons (Fsp3) is 0.917. The molecule has 0 amide bonds. The van der Waals surface area contributed by atoms with E-state index in [1.165, 1.54) is 12.8 Å². The number of carboxylic acid groups (broad SMARTS) is 1. The van der Waals surface area contributed by atoms with E-state index in [9.17, 15) is 9.90 Å². The van der Waals surface area contributed by atoms with Crippen molar-refractivity contribution in [1.29, 1.82) is 0 Å². The third kappa shape index (κ3) is 1.19. The molecule has 0 saturated heterocycles. The summed E-state index contributed by atoms with van der Waals surface area (Å²) in [6.07, 6.45) is 5.37. The van der Waals surface area contributed by atoms with Gasteiger partial charge in [0, 0.05) is 7.11 Å². The van der Waals surface area contributed by atoms with Crippen LogP contribution in [0.3, 0.4) is 0 Å². The summed E-state index contributed by atoms with van der Waals surface area (Å²) in [5, 5.41) is 9.40. The summed E-state index contributed by atoms with van der Waals surface area (Å²) in [5.74, 6) is 1.12. The lowest BCUT2D eigenvalue weighted by atomic mass is 9.48. The van der Waals surface area contributed by atoms with Gasteiger partial charge in [0.25, 0.3) is 0 Å². The molecule has 0 aliphatic heterocycles. The van der Waals surface area contributed by atoms with Crippen LogP contribution in [-0.4, -0.2) is 24.3 Å². The molecule has 0 heterocycles. The molecular weight excluding hydrogens is 192 g/mol. The number of ether oxygens (including phenoxy) is 1. The predicted octanol–water partition coefficient (Wildman–Crippen LogP) is 1.91. The summed E-state index contributed by atoms with van der Waals surface area (Å²) in [6.45, 7) is 0. The summed E-state index contributed by atoms with van der Waals surface area (Å²) in [5.41, 5.74) is -0.383. The molecule has 4 rings (SSSR count). The Kier molecular flexibility index (Phi) is 1.91. The second kappa shape index (κ2) is 2.97. The molecule has 4 bridgehead atoms. The maximum atomic E-state index is 11.4. The molecule has 4 aliphatic rings. The largest absolute Gasteiger partial charge is 0.481 e. The summed E-state index contributed by atoms with van der Waals surface area (Å²) >= 11 is 0. The Morgan fingerprint density at radius 3 is 2.33 bits per heavy atom. The molecule has 15 heavy (non-hydrogen) atoms. The lowest BCUT2D eigenvalue weighted by Crippen LogP contribution is -2.56. The Labute approximate surface area is 89.8 Å². The zero-order valence-electron chi connectivity index (χ0n) is 9.11. The van der Waals surface area contributed by atoms with Gasteiger partial charge < -0.3 is 9.84 Å². The first kappa shape index (κ1) is 9.64. The van der Waals surface area contributed by atoms with Crippen LogP contribution in [0.25, 0.3) is 0 Å². The van der Waals surface area contributed by atoms with Crippen molar-refractivity contribution in [3.63, 3.8) is 0 Å². The van der Waals surface area contributed by atoms with Crippen LogP contribution in [0, 0.1) is 23.2 Å². The lowest BCUT2D eigenvalue weighted by molar-refractivity contribution is -0.182. The average molecular weight is 210 g/mol. The molecule has 0 aromatic rings. The van der Waals surface area contributed by atoms with E-state index in [1.807, 2.05) is 0 Å². The van der Waals surface area contributed by atoms with Crippen molar-refractivity contribution in [3.05, 3.63) is 0 Å². The molecular formula is C12H18O3. The van der Waals surface area contributed by atoms with Crippen LogP contribution in [0.1, 0.15) is 32.1 Å². The van der Waals surface area contributed by atoms with Gasteiger partial charge in [0.05, 0.1) is 11.5 Å². The van der Waals surface area contributed by atoms with Crippen LogP contribution < -0.4 is 0 Å². The molecule has 0 spiro atoms. The highest BCUT2D eigenvalue weighted by Gasteiger charge is 2.58. The highest BCUT2D eigenvalue weighted by molar-refractivity contribution is 5.75. The van der Waals surface area contributed by atoms with Crippen molar-refractivity contribution in [2.45, 2.75) is 38.2 Å².